The zero-order valence-electron chi connectivity index (χ0n) is 16.9. The van der Waals surface area contributed by atoms with E-state index in [1.54, 1.807) is 23.0 Å². The van der Waals surface area contributed by atoms with Gasteiger partial charge in [0.1, 0.15) is 0 Å². The molecule has 3 heterocycles. The minimum Gasteiger partial charge on any atom is -0.480 e. The molecule has 0 aliphatic carbocycles. The van der Waals surface area contributed by atoms with Gasteiger partial charge in [-0.3, -0.25) is 10.1 Å². The molecule has 1 N–H and O–H groups in total. The maximum Gasteiger partial charge on any atom is 0.260 e. The summed E-state index contributed by atoms with van der Waals surface area (Å²) >= 11 is 7.48. The lowest BCUT2D eigenvalue weighted by Crippen LogP contribution is -2.14. The Balaban J connectivity index is 1.50. The summed E-state index contributed by atoms with van der Waals surface area (Å²) in [6, 6.07) is 11.1. The van der Waals surface area contributed by atoms with E-state index < -0.39 is 0 Å². The highest BCUT2D eigenvalue weighted by Crippen LogP contribution is 2.24. The molecule has 3 aromatic heterocycles. The summed E-state index contributed by atoms with van der Waals surface area (Å²) < 4.78 is 6.64. The maximum absolute atomic E-state index is 12.9. The van der Waals surface area contributed by atoms with E-state index in [0.29, 0.717) is 40.3 Å². The van der Waals surface area contributed by atoms with Gasteiger partial charge in [0.25, 0.3) is 5.91 Å². The topological polar surface area (TPSA) is 94.8 Å². The summed E-state index contributed by atoms with van der Waals surface area (Å²) in [4.78, 5) is 18.2. The van der Waals surface area contributed by atoms with E-state index in [1.807, 2.05) is 31.2 Å². The lowest BCUT2D eigenvalue weighted by atomic mass is 10.1. The first kappa shape index (κ1) is 21.0. The number of methoxy groups -OCH3 is 1. The van der Waals surface area contributed by atoms with Gasteiger partial charge in [-0.15, -0.1) is 21.5 Å². The van der Waals surface area contributed by atoms with Crippen LogP contribution in [0.2, 0.25) is 5.02 Å². The number of aromatic nitrogens is 5. The van der Waals surface area contributed by atoms with Crippen molar-refractivity contribution in [3.05, 3.63) is 75.5 Å². The van der Waals surface area contributed by atoms with Crippen LogP contribution in [0.4, 0.5) is 5.13 Å². The number of carbonyl (C=O) groups is 1. The predicted molar refractivity (Wildman–Crippen MR) is 119 cm³/mol. The minimum absolute atomic E-state index is 0.270. The number of amides is 1. The third kappa shape index (κ3) is 4.73. The molecule has 31 heavy (non-hydrogen) atoms. The smallest absolute Gasteiger partial charge is 0.260 e. The van der Waals surface area contributed by atoms with E-state index in [-0.39, 0.29) is 5.91 Å². The zero-order valence-corrected chi connectivity index (χ0v) is 18.4. The first-order valence-electron chi connectivity index (χ1n) is 9.53. The summed E-state index contributed by atoms with van der Waals surface area (Å²) in [5.74, 6) is 0.646. The molecule has 158 valence electrons. The number of anilines is 1. The molecule has 0 unspecified atom stereocenters. The molecule has 0 radical (unpaired) electrons. The summed E-state index contributed by atoms with van der Waals surface area (Å²) in [5, 5.41) is 16.5. The summed E-state index contributed by atoms with van der Waals surface area (Å²) in [6.07, 6.45) is 4.58. The number of rotatable bonds is 7. The molecule has 0 bridgehead atoms. The Morgan fingerprint density at radius 1 is 1.23 bits per heavy atom. The SMILES string of the molecule is CCc1c(C(=O)Nc2ncc(Cc3cccc(Cl)c3)s2)cnn1-c1ccc(OC)nn1. The molecule has 1 amide bonds. The Morgan fingerprint density at radius 2 is 2.10 bits per heavy atom. The number of ether oxygens (including phenoxy) is 1. The second-order valence-corrected chi connectivity index (χ2v) is 8.15. The molecule has 0 atom stereocenters. The number of halogens is 1. The second kappa shape index (κ2) is 9.23. The molecule has 4 rings (SSSR count). The number of hydrogen-bond donors (Lipinski definition) is 1. The van der Waals surface area contributed by atoms with Gasteiger partial charge in [0, 0.05) is 28.6 Å². The molecule has 4 aromatic rings. The third-order valence-electron chi connectivity index (χ3n) is 4.54. The third-order valence-corrected chi connectivity index (χ3v) is 5.69. The number of benzene rings is 1. The Labute approximate surface area is 187 Å². The molecule has 1 aromatic carbocycles. The molecule has 0 spiro atoms. The number of nitrogens with zero attached hydrogens (tertiary/aromatic N) is 5. The van der Waals surface area contributed by atoms with Crippen LogP contribution < -0.4 is 10.1 Å². The van der Waals surface area contributed by atoms with Gasteiger partial charge in [0.2, 0.25) is 5.88 Å². The average Bonchev–Trinajstić information content (AvgIpc) is 3.40. The summed E-state index contributed by atoms with van der Waals surface area (Å²) in [6.45, 7) is 1.95. The van der Waals surface area contributed by atoms with E-state index in [9.17, 15) is 4.79 Å². The fourth-order valence-electron chi connectivity index (χ4n) is 3.10. The van der Waals surface area contributed by atoms with E-state index in [1.165, 1.54) is 24.6 Å². The zero-order chi connectivity index (χ0) is 21.8. The molecule has 10 heteroatoms. The Bertz CT molecular complexity index is 1200. The van der Waals surface area contributed by atoms with E-state index in [0.717, 1.165) is 16.1 Å². The van der Waals surface area contributed by atoms with Gasteiger partial charge in [-0.1, -0.05) is 30.7 Å². The fraction of sp³-hybridized carbons (Fsp3) is 0.190. The predicted octanol–water partition coefficient (Wildman–Crippen LogP) is 4.19. The van der Waals surface area contributed by atoms with Gasteiger partial charge in [-0.05, 0) is 30.2 Å². The van der Waals surface area contributed by atoms with Crippen LogP contribution in [0, 0.1) is 0 Å². The molecular formula is C21H19ClN6O2S. The van der Waals surface area contributed by atoms with Gasteiger partial charge in [0.05, 0.1) is 24.6 Å². The van der Waals surface area contributed by atoms with Crippen LogP contribution in [-0.2, 0) is 12.8 Å². The Morgan fingerprint density at radius 3 is 2.81 bits per heavy atom. The molecule has 8 nitrogen and oxygen atoms in total. The van der Waals surface area contributed by atoms with E-state index in [4.69, 9.17) is 16.3 Å². The molecule has 0 saturated heterocycles. The van der Waals surface area contributed by atoms with Crippen molar-refractivity contribution in [3.8, 4) is 11.7 Å². The van der Waals surface area contributed by atoms with Crippen LogP contribution in [0.25, 0.3) is 5.82 Å². The van der Waals surface area contributed by atoms with Crippen LogP contribution in [-0.4, -0.2) is 38.0 Å². The average molecular weight is 455 g/mol. The van der Waals surface area contributed by atoms with E-state index in [2.05, 4.69) is 25.6 Å². The molecule has 0 saturated carbocycles. The van der Waals surface area contributed by atoms with Crippen molar-refractivity contribution in [1.82, 2.24) is 25.0 Å². The number of carbonyl (C=O) groups excluding carboxylic acids is 1. The first-order chi connectivity index (χ1) is 15.1. The number of thiazole rings is 1. The van der Waals surface area contributed by atoms with Crippen LogP contribution in [0.3, 0.4) is 0 Å². The number of hydrogen-bond acceptors (Lipinski definition) is 7. The van der Waals surface area contributed by atoms with Crippen molar-refractivity contribution in [2.24, 2.45) is 0 Å². The fourth-order valence-corrected chi connectivity index (χ4v) is 4.15. The van der Waals surface area contributed by atoms with Crippen LogP contribution in [0.5, 0.6) is 5.88 Å². The van der Waals surface area contributed by atoms with Crippen LogP contribution in [0.15, 0.2) is 48.8 Å². The standard InChI is InChI=1S/C21H19ClN6O2S/c1-3-17-16(12-24-28(17)18-7-8-19(30-2)27-26-18)20(29)25-21-23-11-15(31-21)10-13-5-4-6-14(22)9-13/h4-9,11-12H,3,10H2,1-2H3,(H,23,25,29). The normalized spacial score (nSPS) is 10.8. The second-order valence-electron chi connectivity index (χ2n) is 6.60. The van der Waals surface area contributed by atoms with Gasteiger partial charge >= 0.3 is 0 Å². The van der Waals surface area contributed by atoms with Crippen molar-refractivity contribution in [2.75, 3.05) is 12.4 Å². The summed E-state index contributed by atoms with van der Waals surface area (Å²) in [7, 11) is 1.52. The van der Waals surface area contributed by atoms with Crippen LogP contribution >= 0.6 is 22.9 Å². The summed E-state index contributed by atoms with van der Waals surface area (Å²) in [5.41, 5.74) is 2.28. The maximum atomic E-state index is 12.9. The van der Waals surface area contributed by atoms with Gasteiger partial charge in [-0.2, -0.15) is 5.10 Å². The molecular weight excluding hydrogens is 436 g/mol. The Hall–Kier alpha value is -3.30. The van der Waals surface area contributed by atoms with Crippen molar-refractivity contribution < 1.29 is 9.53 Å². The van der Waals surface area contributed by atoms with Crippen molar-refractivity contribution >= 4 is 34.0 Å². The lowest BCUT2D eigenvalue weighted by Gasteiger charge is -2.07. The molecule has 0 fully saturated rings. The highest BCUT2D eigenvalue weighted by atomic mass is 35.5. The van der Waals surface area contributed by atoms with Crippen molar-refractivity contribution in [3.63, 3.8) is 0 Å². The molecule has 0 aliphatic rings. The monoisotopic (exact) mass is 454 g/mol. The highest BCUT2D eigenvalue weighted by Gasteiger charge is 2.19. The quantitative estimate of drug-likeness (QED) is 0.450. The van der Waals surface area contributed by atoms with E-state index >= 15 is 0 Å². The highest BCUT2D eigenvalue weighted by molar-refractivity contribution is 7.15. The van der Waals surface area contributed by atoms with Crippen LogP contribution in [0.1, 0.15) is 33.4 Å². The van der Waals surface area contributed by atoms with Gasteiger partial charge in [0.15, 0.2) is 10.9 Å². The van der Waals surface area contributed by atoms with Gasteiger partial charge < -0.3 is 4.74 Å². The first-order valence-corrected chi connectivity index (χ1v) is 10.7. The lowest BCUT2D eigenvalue weighted by molar-refractivity contribution is 0.102. The minimum atomic E-state index is -0.270. The number of nitrogens with one attached hydrogen (secondary N) is 1. The largest absolute Gasteiger partial charge is 0.480 e. The molecule has 0 aliphatic heterocycles. The van der Waals surface area contributed by atoms with Crippen molar-refractivity contribution in [2.45, 2.75) is 19.8 Å². The van der Waals surface area contributed by atoms with Gasteiger partial charge in [-0.25, -0.2) is 9.67 Å². The Kier molecular flexibility index (Phi) is 6.24. The van der Waals surface area contributed by atoms with Crippen molar-refractivity contribution in [1.29, 1.82) is 0 Å².